The third-order valence-corrected chi connectivity index (χ3v) is 2.59. The van der Waals surface area contributed by atoms with Crippen LogP contribution in [-0.2, 0) is 6.42 Å². The molecule has 0 unspecified atom stereocenters. The summed E-state index contributed by atoms with van der Waals surface area (Å²) in [5.41, 5.74) is 0.0339. The average Bonchev–Trinajstić information content (AvgIpc) is 2.25. The van der Waals surface area contributed by atoms with E-state index < -0.39 is 30.7 Å². The second kappa shape index (κ2) is 6.10. The van der Waals surface area contributed by atoms with Gasteiger partial charge in [0.1, 0.15) is 5.15 Å². The van der Waals surface area contributed by atoms with Crippen LogP contribution in [0.1, 0.15) is 29.4 Å². The van der Waals surface area contributed by atoms with Crippen molar-refractivity contribution in [3.05, 3.63) is 22.5 Å². The monoisotopic (exact) mass is 295 g/mol. The van der Waals surface area contributed by atoms with E-state index in [1.807, 2.05) is 0 Å². The highest BCUT2D eigenvalue weighted by Gasteiger charge is 2.26. The van der Waals surface area contributed by atoms with Gasteiger partial charge in [0, 0.05) is 17.9 Å². The largest absolute Gasteiger partial charge is 0.545 e. The first kappa shape index (κ1) is 15.6. The highest BCUT2D eigenvalue weighted by Crippen LogP contribution is 2.25. The van der Waals surface area contributed by atoms with Crippen molar-refractivity contribution < 1.29 is 23.1 Å². The number of anilines is 1. The maximum Gasteiger partial charge on any atom is 0.390 e. The minimum atomic E-state index is -4.32. The van der Waals surface area contributed by atoms with Crippen LogP contribution in [0.2, 0.25) is 5.15 Å². The Morgan fingerprint density at radius 3 is 2.63 bits per heavy atom. The number of alkyl halides is 3. The SMILES string of the molecule is CCc1cc(NCCC(F)(F)F)c(C(=O)[O-])c(Cl)n1. The van der Waals surface area contributed by atoms with Gasteiger partial charge >= 0.3 is 6.18 Å². The van der Waals surface area contributed by atoms with Gasteiger partial charge in [-0.1, -0.05) is 18.5 Å². The number of hydrogen-bond donors (Lipinski definition) is 1. The van der Waals surface area contributed by atoms with E-state index in [4.69, 9.17) is 11.6 Å². The molecule has 0 bridgehead atoms. The predicted molar refractivity (Wildman–Crippen MR) is 62.1 cm³/mol. The van der Waals surface area contributed by atoms with Crippen LogP contribution in [0.15, 0.2) is 6.07 Å². The lowest BCUT2D eigenvalue weighted by Crippen LogP contribution is -2.25. The standard InChI is InChI=1S/C11H12ClF3N2O2/c1-2-6-5-7(16-4-3-11(13,14)15)8(10(18)19)9(12)17-6/h5H,2-4H2,1H3,(H,16,17)(H,18,19)/p-1. The molecule has 0 radical (unpaired) electrons. The molecule has 0 aliphatic carbocycles. The van der Waals surface area contributed by atoms with E-state index in [1.165, 1.54) is 6.07 Å². The van der Waals surface area contributed by atoms with E-state index in [0.717, 1.165) is 0 Å². The van der Waals surface area contributed by atoms with Crippen molar-refractivity contribution in [2.24, 2.45) is 0 Å². The number of carbonyl (C=O) groups is 1. The summed E-state index contributed by atoms with van der Waals surface area (Å²) in [4.78, 5) is 14.7. The van der Waals surface area contributed by atoms with Crippen LogP contribution >= 0.6 is 11.6 Å². The molecule has 4 nitrogen and oxygen atoms in total. The summed E-state index contributed by atoms with van der Waals surface area (Å²) in [7, 11) is 0. The number of nitrogens with zero attached hydrogens (tertiary/aromatic N) is 1. The topological polar surface area (TPSA) is 65.0 Å². The number of nitrogens with one attached hydrogen (secondary N) is 1. The predicted octanol–water partition coefficient (Wildman–Crippen LogP) is 2.03. The highest BCUT2D eigenvalue weighted by atomic mass is 35.5. The van der Waals surface area contributed by atoms with Crippen molar-refractivity contribution in [1.29, 1.82) is 0 Å². The second-order valence-electron chi connectivity index (χ2n) is 3.76. The van der Waals surface area contributed by atoms with Gasteiger partial charge in [-0.2, -0.15) is 13.2 Å². The zero-order valence-corrected chi connectivity index (χ0v) is 10.7. The molecule has 1 N–H and O–H groups in total. The fourth-order valence-corrected chi connectivity index (χ4v) is 1.71. The number of aryl methyl sites for hydroxylation is 1. The molecule has 1 aromatic rings. The molecule has 0 saturated heterocycles. The van der Waals surface area contributed by atoms with Gasteiger partial charge in [0.25, 0.3) is 0 Å². The van der Waals surface area contributed by atoms with Crippen molar-refractivity contribution in [3.8, 4) is 0 Å². The molecule has 1 heterocycles. The van der Waals surface area contributed by atoms with Gasteiger partial charge in [-0.15, -0.1) is 0 Å². The van der Waals surface area contributed by atoms with E-state index in [0.29, 0.717) is 12.1 Å². The Bertz CT molecular complexity index is 478. The molecule has 0 fully saturated rings. The molecule has 0 saturated carbocycles. The van der Waals surface area contributed by atoms with E-state index in [9.17, 15) is 23.1 Å². The van der Waals surface area contributed by atoms with Gasteiger partial charge in [0.05, 0.1) is 18.0 Å². The van der Waals surface area contributed by atoms with E-state index in [-0.39, 0.29) is 10.8 Å². The first-order valence-electron chi connectivity index (χ1n) is 5.46. The van der Waals surface area contributed by atoms with Crippen LogP contribution in [0.5, 0.6) is 0 Å². The minimum Gasteiger partial charge on any atom is -0.545 e. The molecule has 19 heavy (non-hydrogen) atoms. The molecule has 0 aliphatic heterocycles. The molecule has 1 rings (SSSR count). The van der Waals surface area contributed by atoms with Gasteiger partial charge in [0.2, 0.25) is 0 Å². The molecular weight excluding hydrogens is 285 g/mol. The van der Waals surface area contributed by atoms with Crippen LogP contribution in [0.4, 0.5) is 18.9 Å². The maximum absolute atomic E-state index is 12.0. The Morgan fingerprint density at radius 1 is 1.53 bits per heavy atom. The number of carbonyl (C=O) groups excluding carboxylic acids is 1. The van der Waals surface area contributed by atoms with E-state index in [2.05, 4.69) is 10.3 Å². The van der Waals surface area contributed by atoms with Gasteiger partial charge in [-0.05, 0) is 12.5 Å². The molecule has 0 aliphatic rings. The first-order chi connectivity index (χ1) is 8.74. The van der Waals surface area contributed by atoms with Crippen LogP contribution < -0.4 is 10.4 Å². The number of aromatic carboxylic acids is 1. The molecule has 0 aromatic carbocycles. The Balaban J connectivity index is 2.96. The van der Waals surface area contributed by atoms with Crippen molar-refractivity contribution in [1.82, 2.24) is 4.98 Å². The van der Waals surface area contributed by atoms with Gasteiger partial charge in [-0.3, -0.25) is 0 Å². The van der Waals surface area contributed by atoms with Crippen molar-refractivity contribution in [2.75, 3.05) is 11.9 Å². The summed E-state index contributed by atoms with van der Waals surface area (Å²) in [6.45, 7) is 1.31. The van der Waals surface area contributed by atoms with Crippen molar-refractivity contribution in [3.63, 3.8) is 0 Å². The number of rotatable bonds is 5. The number of pyridine rings is 1. The van der Waals surface area contributed by atoms with Crippen LogP contribution in [0, 0.1) is 0 Å². The summed E-state index contributed by atoms with van der Waals surface area (Å²) in [5, 5.41) is 13.0. The Kier molecular flexibility index (Phi) is 4.99. The minimum absolute atomic E-state index is 0.0129. The first-order valence-corrected chi connectivity index (χ1v) is 5.83. The lowest BCUT2D eigenvalue weighted by atomic mass is 10.2. The Hall–Kier alpha value is -1.50. The van der Waals surface area contributed by atoms with Crippen LogP contribution in [-0.4, -0.2) is 23.7 Å². The fourth-order valence-electron chi connectivity index (χ4n) is 1.42. The maximum atomic E-state index is 12.0. The summed E-state index contributed by atoms with van der Waals surface area (Å²) >= 11 is 5.68. The number of halogens is 4. The number of carboxylic acids is 1. The van der Waals surface area contributed by atoms with Gasteiger partial charge in [0.15, 0.2) is 0 Å². The number of aromatic nitrogens is 1. The lowest BCUT2D eigenvalue weighted by Gasteiger charge is -2.16. The molecule has 8 heteroatoms. The number of hydrogen-bond acceptors (Lipinski definition) is 4. The third-order valence-electron chi connectivity index (χ3n) is 2.32. The molecule has 0 spiro atoms. The summed E-state index contributed by atoms with van der Waals surface area (Å²) in [6.07, 6.45) is -4.93. The quantitative estimate of drug-likeness (QED) is 0.844. The fraction of sp³-hybridized carbons (Fsp3) is 0.455. The van der Waals surface area contributed by atoms with E-state index in [1.54, 1.807) is 6.92 Å². The normalized spacial score (nSPS) is 11.4. The Morgan fingerprint density at radius 2 is 2.16 bits per heavy atom. The smallest absolute Gasteiger partial charge is 0.390 e. The summed E-state index contributed by atoms with van der Waals surface area (Å²) < 4.78 is 36.1. The average molecular weight is 296 g/mol. The Labute approximate surface area is 112 Å². The zero-order valence-electron chi connectivity index (χ0n) is 9.97. The lowest BCUT2D eigenvalue weighted by molar-refractivity contribution is -0.254. The van der Waals surface area contributed by atoms with Crippen LogP contribution in [0.3, 0.4) is 0 Å². The molecule has 106 valence electrons. The molecule has 0 amide bonds. The van der Waals surface area contributed by atoms with Gasteiger partial charge < -0.3 is 15.2 Å². The van der Waals surface area contributed by atoms with Crippen molar-refractivity contribution in [2.45, 2.75) is 25.9 Å². The zero-order chi connectivity index (χ0) is 14.6. The highest BCUT2D eigenvalue weighted by molar-refractivity contribution is 6.33. The van der Waals surface area contributed by atoms with Crippen molar-refractivity contribution >= 4 is 23.3 Å². The summed E-state index contributed by atoms with van der Waals surface area (Å²) in [6, 6.07) is 1.35. The third kappa shape index (κ3) is 4.59. The summed E-state index contributed by atoms with van der Waals surface area (Å²) in [5.74, 6) is -1.59. The molecule has 0 atom stereocenters. The van der Waals surface area contributed by atoms with Crippen LogP contribution in [0.25, 0.3) is 0 Å². The number of carboxylic acid groups (broad SMARTS) is 1. The second-order valence-corrected chi connectivity index (χ2v) is 4.12. The van der Waals surface area contributed by atoms with Gasteiger partial charge in [-0.25, -0.2) is 4.98 Å². The molecular formula is C11H11ClF3N2O2-. The molecule has 1 aromatic heterocycles. The van der Waals surface area contributed by atoms with E-state index >= 15 is 0 Å².